The molecule has 2 aromatic heterocycles. The molecule has 0 radical (unpaired) electrons. The van der Waals surface area contributed by atoms with Crippen molar-refractivity contribution < 1.29 is 4.79 Å². The van der Waals surface area contributed by atoms with Crippen molar-refractivity contribution in [2.75, 3.05) is 0 Å². The second kappa shape index (κ2) is 7.04. The van der Waals surface area contributed by atoms with E-state index in [2.05, 4.69) is 25.7 Å². The largest absolute Gasteiger partial charge is 0.344 e. The molecule has 0 saturated heterocycles. The zero-order chi connectivity index (χ0) is 14.2. The molecule has 3 rings (SSSR count). The number of hydrogen-bond donors (Lipinski definition) is 3. The van der Waals surface area contributed by atoms with Gasteiger partial charge >= 0.3 is 0 Å². The quantitative estimate of drug-likeness (QED) is 0.770. The Balaban J connectivity index is 0.00000121. The summed E-state index contributed by atoms with van der Waals surface area (Å²) in [5.41, 5.74) is 7.60. The summed E-state index contributed by atoms with van der Waals surface area (Å²) >= 11 is 0. The van der Waals surface area contributed by atoms with Crippen LogP contribution in [0.3, 0.4) is 0 Å². The molecule has 1 atom stereocenters. The first-order valence-corrected chi connectivity index (χ1v) is 6.52. The van der Waals surface area contributed by atoms with Gasteiger partial charge in [0.1, 0.15) is 0 Å². The minimum atomic E-state index is -0.523. The summed E-state index contributed by atoms with van der Waals surface area (Å²) in [7, 11) is 0. The number of H-pyrrole nitrogens is 1. The number of carbonyl (C=O) groups is 1. The Morgan fingerprint density at radius 3 is 2.55 bits per heavy atom. The minimum Gasteiger partial charge on any atom is -0.344 e. The van der Waals surface area contributed by atoms with Gasteiger partial charge in [-0.25, -0.2) is 0 Å². The van der Waals surface area contributed by atoms with Crippen LogP contribution in [-0.4, -0.2) is 32.3 Å². The molecule has 0 bridgehead atoms. The van der Waals surface area contributed by atoms with Gasteiger partial charge < -0.3 is 11.1 Å². The monoisotopic (exact) mass is 344 g/mol. The molecule has 22 heavy (non-hydrogen) atoms. The molecule has 9 heteroatoms. The number of aromatic nitrogens is 4. The van der Waals surface area contributed by atoms with Crippen molar-refractivity contribution in [3.05, 3.63) is 30.2 Å². The van der Waals surface area contributed by atoms with Gasteiger partial charge in [-0.05, 0) is 31.9 Å². The van der Waals surface area contributed by atoms with Crippen LogP contribution in [0.1, 0.15) is 25.5 Å². The van der Waals surface area contributed by atoms with Gasteiger partial charge in [0.25, 0.3) is 0 Å². The first-order chi connectivity index (χ1) is 9.61. The number of carbonyl (C=O) groups excluding carboxylic acids is 1. The third-order valence-corrected chi connectivity index (χ3v) is 3.47. The molecule has 0 aliphatic heterocycles. The van der Waals surface area contributed by atoms with E-state index in [9.17, 15) is 4.79 Å². The minimum absolute atomic E-state index is 0. The number of aromatic amines is 1. The zero-order valence-corrected chi connectivity index (χ0v) is 13.6. The number of amides is 1. The molecule has 120 valence electrons. The van der Waals surface area contributed by atoms with Gasteiger partial charge in [-0.15, -0.1) is 24.8 Å². The lowest BCUT2D eigenvalue weighted by Crippen LogP contribution is -2.44. The number of nitrogens with zero attached hydrogens (tertiary/aromatic N) is 3. The Bertz CT molecular complexity index is 610. The van der Waals surface area contributed by atoms with Gasteiger partial charge in [-0.2, -0.15) is 15.3 Å². The summed E-state index contributed by atoms with van der Waals surface area (Å²) in [4.78, 5) is 11.7. The Kier molecular flexibility index (Phi) is 5.87. The number of hydrogen-bond acceptors (Lipinski definition) is 5. The van der Waals surface area contributed by atoms with Gasteiger partial charge in [0.15, 0.2) is 0 Å². The predicted octanol–water partition coefficient (Wildman–Crippen LogP) is 1.16. The summed E-state index contributed by atoms with van der Waals surface area (Å²) in [6.07, 6.45) is 5.18. The van der Waals surface area contributed by atoms with Crippen molar-refractivity contribution in [2.45, 2.75) is 31.3 Å². The summed E-state index contributed by atoms with van der Waals surface area (Å²) in [6, 6.07) is 3.25. The molecular weight excluding hydrogens is 327 g/mol. The molecule has 1 unspecified atom stereocenters. The van der Waals surface area contributed by atoms with Gasteiger partial charge in [0.05, 0.1) is 29.2 Å². The van der Waals surface area contributed by atoms with Crippen LogP contribution in [0.5, 0.6) is 0 Å². The SMILES string of the molecule is CC(N)C(=O)NC1(c2ccc(-c3cn[nH]c3)nn2)CC1.Cl.Cl. The highest BCUT2D eigenvalue weighted by atomic mass is 35.5. The Morgan fingerprint density at radius 2 is 2.09 bits per heavy atom. The number of nitrogens with one attached hydrogen (secondary N) is 2. The van der Waals surface area contributed by atoms with Crippen LogP contribution < -0.4 is 11.1 Å². The van der Waals surface area contributed by atoms with Crippen LogP contribution in [0.25, 0.3) is 11.3 Å². The molecule has 1 aliphatic rings. The van der Waals surface area contributed by atoms with Crippen molar-refractivity contribution >= 4 is 30.7 Å². The summed E-state index contributed by atoms with van der Waals surface area (Å²) in [5.74, 6) is -0.164. The molecule has 1 amide bonds. The molecule has 1 saturated carbocycles. The van der Waals surface area contributed by atoms with Crippen LogP contribution >= 0.6 is 24.8 Å². The zero-order valence-electron chi connectivity index (χ0n) is 11.9. The first-order valence-electron chi connectivity index (χ1n) is 6.52. The fourth-order valence-electron chi connectivity index (χ4n) is 2.05. The first kappa shape index (κ1) is 18.3. The summed E-state index contributed by atoms with van der Waals surface area (Å²) in [5, 5.41) is 18.0. The molecule has 1 aliphatic carbocycles. The van der Waals surface area contributed by atoms with Crippen molar-refractivity contribution in [2.24, 2.45) is 5.73 Å². The van der Waals surface area contributed by atoms with E-state index < -0.39 is 6.04 Å². The van der Waals surface area contributed by atoms with E-state index in [4.69, 9.17) is 5.73 Å². The molecule has 4 N–H and O–H groups in total. The maximum atomic E-state index is 11.7. The second-order valence-electron chi connectivity index (χ2n) is 5.15. The lowest BCUT2D eigenvalue weighted by Gasteiger charge is -2.18. The highest BCUT2D eigenvalue weighted by Crippen LogP contribution is 2.44. The Labute approximate surface area is 140 Å². The molecule has 0 spiro atoms. The van der Waals surface area contributed by atoms with Crippen LogP contribution in [0.2, 0.25) is 0 Å². The third kappa shape index (κ3) is 3.55. The molecule has 1 fully saturated rings. The van der Waals surface area contributed by atoms with E-state index in [0.29, 0.717) is 0 Å². The van der Waals surface area contributed by atoms with E-state index in [1.165, 1.54) is 0 Å². The number of rotatable bonds is 4. The van der Waals surface area contributed by atoms with Crippen molar-refractivity contribution in [3.63, 3.8) is 0 Å². The fraction of sp³-hybridized carbons (Fsp3) is 0.385. The fourth-order valence-corrected chi connectivity index (χ4v) is 2.05. The average molecular weight is 345 g/mol. The topological polar surface area (TPSA) is 110 Å². The van der Waals surface area contributed by atoms with Crippen LogP contribution in [-0.2, 0) is 10.3 Å². The Morgan fingerprint density at radius 1 is 1.36 bits per heavy atom. The lowest BCUT2D eigenvalue weighted by molar-refractivity contribution is -0.123. The van der Waals surface area contributed by atoms with Crippen molar-refractivity contribution in [3.8, 4) is 11.3 Å². The van der Waals surface area contributed by atoms with Crippen molar-refractivity contribution in [1.29, 1.82) is 0 Å². The lowest BCUT2D eigenvalue weighted by atomic mass is 10.1. The third-order valence-electron chi connectivity index (χ3n) is 3.47. The van der Waals surface area contributed by atoms with Crippen LogP contribution in [0, 0.1) is 0 Å². The highest BCUT2D eigenvalue weighted by molar-refractivity contribution is 5.85. The van der Waals surface area contributed by atoms with E-state index in [1.807, 2.05) is 12.1 Å². The Hall–Kier alpha value is -1.70. The predicted molar refractivity (Wildman–Crippen MR) is 86.8 cm³/mol. The molecule has 2 heterocycles. The molecule has 7 nitrogen and oxygen atoms in total. The van der Waals surface area contributed by atoms with Gasteiger partial charge in [0.2, 0.25) is 5.91 Å². The van der Waals surface area contributed by atoms with Gasteiger partial charge in [-0.3, -0.25) is 9.89 Å². The number of nitrogens with two attached hydrogens (primary N) is 1. The van der Waals surface area contributed by atoms with Gasteiger partial charge in [0, 0.05) is 11.8 Å². The van der Waals surface area contributed by atoms with Crippen molar-refractivity contribution in [1.82, 2.24) is 25.7 Å². The van der Waals surface area contributed by atoms with Gasteiger partial charge in [-0.1, -0.05) is 0 Å². The summed E-state index contributed by atoms with van der Waals surface area (Å²) in [6.45, 7) is 1.67. The number of halogens is 2. The maximum absolute atomic E-state index is 11.7. The molecule has 2 aromatic rings. The second-order valence-corrected chi connectivity index (χ2v) is 5.15. The standard InChI is InChI=1S/C13H16N6O.2ClH/c1-8(14)12(20)17-13(4-5-13)11-3-2-10(18-19-11)9-6-15-16-7-9;;/h2-3,6-8H,4-5,14H2,1H3,(H,15,16)(H,17,20);2*1H. The highest BCUT2D eigenvalue weighted by Gasteiger charge is 2.47. The van der Waals surface area contributed by atoms with E-state index in [-0.39, 0.29) is 36.3 Å². The van der Waals surface area contributed by atoms with E-state index in [1.54, 1.807) is 19.3 Å². The van der Waals surface area contributed by atoms with Crippen LogP contribution in [0.4, 0.5) is 0 Å². The maximum Gasteiger partial charge on any atom is 0.237 e. The smallest absolute Gasteiger partial charge is 0.237 e. The summed E-state index contributed by atoms with van der Waals surface area (Å²) < 4.78 is 0. The molecule has 0 aromatic carbocycles. The normalized spacial score (nSPS) is 15.9. The van der Waals surface area contributed by atoms with Crippen LogP contribution in [0.15, 0.2) is 24.5 Å². The van der Waals surface area contributed by atoms with E-state index in [0.717, 1.165) is 29.8 Å². The molecular formula is C13H18Cl2N6O. The average Bonchev–Trinajstić information content (AvgIpc) is 3.02. The van der Waals surface area contributed by atoms with E-state index >= 15 is 0 Å².